The molecule has 4 nitrogen and oxygen atoms in total. The fraction of sp³-hybridized carbons (Fsp3) is 0. The highest BCUT2D eigenvalue weighted by atomic mass is 19.0. The Morgan fingerprint density at radius 3 is 1.40 bits per heavy atom. The van der Waals surface area contributed by atoms with Crippen molar-refractivity contribution in [1.82, 2.24) is 0 Å². The van der Waals surface area contributed by atoms with Gasteiger partial charge in [-0.25, -0.2) is 0 Å². The van der Waals surface area contributed by atoms with Crippen molar-refractivity contribution in [3.8, 4) is 0 Å². The van der Waals surface area contributed by atoms with Gasteiger partial charge in [0.25, 0.3) is 0 Å². The van der Waals surface area contributed by atoms with E-state index in [1.54, 1.807) is 0 Å². The van der Waals surface area contributed by atoms with Crippen molar-refractivity contribution in [3.05, 3.63) is 15.3 Å². The highest BCUT2D eigenvalue weighted by Crippen LogP contribution is 1.44. The van der Waals surface area contributed by atoms with Crippen LogP contribution in [0.3, 0.4) is 0 Å². The normalized spacial score (nSPS) is 4.80. The van der Waals surface area contributed by atoms with Gasteiger partial charge < -0.3 is 15.3 Å². The standard InChI is InChI=1S/F.NO3/c;2-1(3)4/q+1;-1. The van der Waals surface area contributed by atoms with Crippen LogP contribution in [0.5, 0.6) is 0 Å². The average molecular weight is 81.0 g/mol. The number of rotatable bonds is 0. The zero-order chi connectivity index (χ0) is 3.58. The topological polar surface area (TPSA) is 66.2 Å². The van der Waals surface area contributed by atoms with Gasteiger partial charge in [-0.15, -0.1) is 0 Å². The number of nitrogens with zero attached hydrogens (tertiary/aromatic N) is 1. The lowest BCUT2D eigenvalue weighted by molar-refractivity contribution is -0.402. The summed E-state index contributed by atoms with van der Waals surface area (Å²) in [7, 11) is 0. The molecule has 0 amide bonds. The predicted molar refractivity (Wildman–Crippen MR) is 10.4 cm³/mol. The molecular weight excluding hydrogens is 81.0 g/mol. The summed E-state index contributed by atoms with van der Waals surface area (Å²) in [5, 5.41) is 14.8. The van der Waals surface area contributed by atoms with Gasteiger partial charge in [0.2, 0.25) is 0 Å². The molecule has 0 aromatic carbocycles. The monoisotopic (exact) mass is 81.0 g/mol. The van der Waals surface area contributed by atoms with E-state index < -0.39 is 5.09 Å². The Hall–Kier alpha value is -0.870. The van der Waals surface area contributed by atoms with E-state index in [9.17, 15) is 0 Å². The lowest BCUT2D eigenvalue weighted by Gasteiger charge is -1.74. The van der Waals surface area contributed by atoms with Crippen LogP contribution < -0.4 is 0 Å². The molecule has 5 heteroatoms. The summed E-state index contributed by atoms with van der Waals surface area (Å²) < 4.78 is 0. The van der Waals surface area contributed by atoms with E-state index in [4.69, 9.17) is 15.3 Å². The zero-order valence-corrected chi connectivity index (χ0v) is 2.05. The van der Waals surface area contributed by atoms with Crippen LogP contribution in [-0.4, -0.2) is 5.09 Å². The molecule has 30 valence electrons. The van der Waals surface area contributed by atoms with Crippen LogP contribution in [0.25, 0.3) is 0 Å². The summed E-state index contributed by atoms with van der Waals surface area (Å²) in [4.78, 5) is 8.25. The molecule has 0 aliphatic carbocycles. The van der Waals surface area contributed by atoms with Gasteiger partial charge in [-0.2, -0.15) is 0 Å². The maximum Gasteiger partial charge on any atom is 1.00 e. The number of hydrogen-bond acceptors (Lipinski definition) is 3. The summed E-state index contributed by atoms with van der Waals surface area (Å²) >= 11 is 0. The quantitative estimate of drug-likeness (QED) is 0.298. The van der Waals surface area contributed by atoms with Crippen molar-refractivity contribution in [2.45, 2.75) is 0 Å². The molecule has 0 bridgehead atoms. The molecule has 0 spiro atoms. The van der Waals surface area contributed by atoms with Gasteiger partial charge in [0, 0.05) is 0 Å². The summed E-state index contributed by atoms with van der Waals surface area (Å²) in [5.74, 6) is 0. The molecule has 0 aromatic heterocycles. The molecule has 0 aliphatic heterocycles. The Bertz CT molecular complexity index is 29.9. The molecule has 0 atom stereocenters. The van der Waals surface area contributed by atoms with Gasteiger partial charge in [-0.05, 0) is 0 Å². The Labute approximate surface area is 26.5 Å². The molecule has 0 fully saturated rings. The molecule has 0 saturated carbocycles. The summed E-state index contributed by atoms with van der Waals surface area (Å²) in [6, 6.07) is 0. The molecule has 5 heavy (non-hydrogen) atoms. The van der Waals surface area contributed by atoms with E-state index in [0.717, 1.165) is 0 Å². The predicted octanol–water partition coefficient (Wildman–Crippen LogP) is -0.239. The fourth-order valence-corrected chi connectivity index (χ4v) is 0. The van der Waals surface area contributed by atoms with Crippen molar-refractivity contribution in [3.63, 3.8) is 0 Å². The van der Waals surface area contributed by atoms with E-state index in [-0.39, 0.29) is 4.70 Å². The van der Waals surface area contributed by atoms with Gasteiger partial charge in [0.1, 0.15) is 0 Å². The highest BCUT2D eigenvalue weighted by Gasteiger charge is 1.45. The van der Waals surface area contributed by atoms with E-state index in [2.05, 4.69) is 0 Å². The summed E-state index contributed by atoms with van der Waals surface area (Å²) in [5.41, 5.74) is 0. The third kappa shape index (κ3) is 5.28. The van der Waals surface area contributed by atoms with Crippen LogP contribution in [-0.2, 0) is 0 Å². The fourth-order valence-electron chi connectivity index (χ4n) is 0. The Balaban J connectivity index is 0. The van der Waals surface area contributed by atoms with Crippen LogP contribution in [0.4, 0.5) is 0 Å². The average Bonchev–Trinajstić information content (AvgIpc) is 0.811. The first-order chi connectivity index (χ1) is 1.73. The molecule has 0 aromatic rings. The van der Waals surface area contributed by atoms with E-state index >= 15 is 0 Å². The van der Waals surface area contributed by atoms with Crippen LogP contribution in [0.15, 0.2) is 0 Å². The van der Waals surface area contributed by atoms with Crippen molar-refractivity contribution in [2.24, 2.45) is 0 Å². The smallest absolute Gasteiger partial charge is 0.356 e. The van der Waals surface area contributed by atoms with Gasteiger partial charge in [0.15, 0.2) is 0 Å². The number of halogens is 1. The van der Waals surface area contributed by atoms with Gasteiger partial charge in [-0.3, -0.25) is 0 Å². The van der Waals surface area contributed by atoms with Crippen molar-refractivity contribution in [2.75, 3.05) is 0 Å². The van der Waals surface area contributed by atoms with Gasteiger partial charge >= 0.3 is 4.70 Å². The summed E-state index contributed by atoms with van der Waals surface area (Å²) in [6.45, 7) is 0. The van der Waals surface area contributed by atoms with Crippen molar-refractivity contribution < 1.29 is 9.79 Å². The lowest BCUT2D eigenvalue weighted by atomic mass is 13.1. The van der Waals surface area contributed by atoms with Gasteiger partial charge in [-0.1, -0.05) is 0 Å². The first-order valence-electron chi connectivity index (χ1n) is 0.548. The van der Waals surface area contributed by atoms with Crippen LogP contribution in [0, 0.1) is 20.0 Å². The van der Waals surface area contributed by atoms with Crippen LogP contribution in [0.1, 0.15) is 0 Å². The SMILES string of the molecule is O=[N+]([O-])[O-].[F+]. The maximum atomic E-state index is 8.25. The third-order valence-electron chi connectivity index (χ3n) is 0. The first-order valence-corrected chi connectivity index (χ1v) is 0.548. The lowest BCUT2D eigenvalue weighted by Crippen LogP contribution is -1.74. The second-order valence-electron chi connectivity index (χ2n) is 0.224. The van der Waals surface area contributed by atoms with Crippen LogP contribution in [0.2, 0.25) is 0 Å². The largest absolute Gasteiger partial charge is 1.00 e. The molecule has 0 unspecified atom stereocenters. The molecule has 0 aliphatic rings. The van der Waals surface area contributed by atoms with Crippen molar-refractivity contribution >= 4 is 0 Å². The van der Waals surface area contributed by atoms with Gasteiger partial charge in [0.05, 0.1) is 5.09 Å². The molecule has 0 heterocycles. The number of hydrogen-bond donors (Lipinski definition) is 0. The zero-order valence-electron chi connectivity index (χ0n) is 2.05. The second kappa shape index (κ2) is 3.13. The first kappa shape index (κ1) is 8.92. The van der Waals surface area contributed by atoms with Crippen LogP contribution >= 0.6 is 0 Å². The molecule has 0 N–H and O–H groups in total. The summed E-state index contributed by atoms with van der Waals surface area (Å²) in [6.07, 6.45) is 0. The maximum absolute atomic E-state index is 8.25. The Morgan fingerprint density at radius 2 is 1.40 bits per heavy atom. The Kier molecular flexibility index (Phi) is 5.58. The minimum Gasteiger partial charge on any atom is -0.356 e. The molecule has 0 saturated heterocycles. The second-order valence-corrected chi connectivity index (χ2v) is 0.224. The molecule has 2 radical (unpaired) electrons. The molecule has 0 rings (SSSR count). The highest BCUT2D eigenvalue weighted by molar-refractivity contribution is 4.03. The van der Waals surface area contributed by atoms with E-state index in [1.807, 2.05) is 0 Å². The van der Waals surface area contributed by atoms with E-state index in [1.165, 1.54) is 0 Å². The van der Waals surface area contributed by atoms with E-state index in [0.29, 0.717) is 0 Å². The minimum atomic E-state index is -1.75. The van der Waals surface area contributed by atoms with Crippen molar-refractivity contribution in [1.29, 1.82) is 0 Å². The Morgan fingerprint density at radius 1 is 1.40 bits per heavy atom. The minimum absolute atomic E-state index is 0. The third-order valence-corrected chi connectivity index (χ3v) is 0. The molecular formula is FNO3.